The van der Waals surface area contributed by atoms with Crippen LogP contribution < -0.4 is 0 Å². The van der Waals surface area contributed by atoms with Crippen molar-refractivity contribution in [2.24, 2.45) is 7.05 Å². The highest BCUT2D eigenvalue weighted by Gasteiger charge is 1.70. The van der Waals surface area contributed by atoms with Gasteiger partial charge in [-0.25, -0.2) is 9.97 Å². The molecule has 0 aliphatic rings. The van der Waals surface area contributed by atoms with E-state index in [-0.39, 0.29) is 0 Å². The molecule has 2 aromatic heterocycles. The summed E-state index contributed by atoms with van der Waals surface area (Å²) < 4.78 is 1.64. The molecule has 1 N–H and O–H groups in total. The largest absolute Gasteiger partial charge is 0.266 e. The van der Waals surface area contributed by atoms with Crippen molar-refractivity contribution in [2.45, 2.75) is 0 Å². The number of hydrogen-bond donors (Lipinski definition) is 1. The zero-order chi connectivity index (χ0) is 7.94. The molecule has 0 radical (unpaired) electrons. The average molecular weight is 152 g/mol. The van der Waals surface area contributed by atoms with Crippen LogP contribution in [0.2, 0.25) is 0 Å². The van der Waals surface area contributed by atoms with E-state index in [1.54, 1.807) is 11.0 Å². The number of aryl methyl sites for hydroxylation is 1. The first-order valence-corrected chi connectivity index (χ1v) is 2.97. The zero-order valence-electron chi connectivity index (χ0n) is 6.05. The van der Waals surface area contributed by atoms with Crippen LogP contribution >= 0.6 is 0 Å². The number of hydrogen-bond acceptors (Lipinski definition) is 4. The molecule has 0 bridgehead atoms. The monoisotopic (exact) mass is 152 g/mol. The lowest BCUT2D eigenvalue weighted by molar-refractivity contribution is 0.765. The normalized spacial score (nSPS) is 8.45. The Bertz CT molecular complexity index is 229. The maximum Gasteiger partial charge on any atom is 0.137 e. The number of aromatic nitrogens is 6. The molecular formula is C5H8N6. The van der Waals surface area contributed by atoms with Gasteiger partial charge in [-0.1, -0.05) is 0 Å². The minimum Gasteiger partial charge on any atom is -0.266 e. The molecule has 0 saturated heterocycles. The van der Waals surface area contributed by atoms with E-state index in [4.69, 9.17) is 0 Å². The summed E-state index contributed by atoms with van der Waals surface area (Å²) in [5, 5.41) is 9.71. The Balaban J connectivity index is 0.000000112. The number of H-pyrrole nitrogens is 1. The van der Waals surface area contributed by atoms with Crippen LogP contribution in [0, 0.1) is 0 Å². The van der Waals surface area contributed by atoms with Crippen LogP contribution in [0.5, 0.6) is 0 Å². The van der Waals surface area contributed by atoms with Gasteiger partial charge in [0.25, 0.3) is 0 Å². The van der Waals surface area contributed by atoms with Gasteiger partial charge in [-0.3, -0.25) is 9.78 Å². The third-order valence-electron chi connectivity index (χ3n) is 0.865. The number of nitrogens with one attached hydrogen (secondary N) is 1. The first-order chi connectivity index (χ1) is 5.39. The van der Waals surface area contributed by atoms with Crippen molar-refractivity contribution in [2.75, 3.05) is 0 Å². The molecule has 2 aromatic rings. The minimum absolute atomic E-state index is 1.44. The summed E-state index contributed by atoms with van der Waals surface area (Å²) in [5.74, 6) is 0. The molecule has 0 unspecified atom stereocenters. The maximum atomic E-state index is 3.72. The van der Waals surface area contributed by atoms with Crippen LogP contribution in [-0.2, 0) is 7.05 Å². The Morgan fingerprint density at radius 1 is 1.27 bits per heavy atom. The molecule has 6 heteroatoms. The first-order valence-electron chi connectivity index (χ1n) is 2.97. The predicted octanol–water partition coefficient (Wildman–Crippen LogP) is -0.380. The fourth-order valence-electron chi connectivity index (χ4n) is 0.434. The van der Waals surface area contributed by atoms with E-state index in [1.165, 1.54) is 19.0 Å². The summed E-state index contributed by atoms with van der Waals surface area (Å²) >= 11 is 0. The first kappa shape index (κ1) is 7.39. The van der Waals surface area contributed by atoms with Gasteiger partial charge < -0.3 is 0 Å². The maximum absolute atomic E-state index is 3.72. The van der Waals surface area contributed by atoms with Gasteiger partial charge in [0.15, 0.2) is 0 Å². The van der Waals surface area contributed by atoms with E-state index in [0.717, 1.165) is 0 Å². The second kappa shape index (κ2) is 4.15. The second-order valence-electron chi connectivity index (χ2n) is 1.72. The fourth-order valence-corrected chi connectivity index (χ4v) is 0.434. The summed E-state index contributed by atoms with van der Waals surface area (Å²) in [6.45, 7) is 0. The molecule has 58 valence electrons. The van der Waals surface area contributed by atoms with Crippen LogP contribution in [0.15, 0.2) is 25.3 Å². The standard InChI is InChI=1S/C3H5N3.C2H3N3/c1-6-3-4-2-5-6;1-3-2-5-4-1/h2-3H,1H3;1-2H,(H,3,4,5). The number of aromatic amines is 1. The molecule has 6 nitrogen and oxygen atoms in total. The Labute approximate surface area is 63.3 Å². The Kier molecular flexibility index (Phi) is 2.79. The van der Waals surface area contributed by atoms with Crippen molar-refractivity contribution in [1.29, 1.82) is 0 Å². The second-order valence-corrected chi connectivity index (χ2v) is 1.72. The van der Waals surface area contributed by atoms with Gasteiger partial charge in [0.05, 0.1) is 0 Å². The summed E-state index contributed by atoms with van der Waals surface area (Å²) in [6.07, 6.45) is 6.10. The molecule has 2 heterocycles. The van der Waals surface area contributed by atoms with Gasteiger partial charge in [0.1, 0.15) is 25.3 Å². The summed E-state index contributed by atoms with van der Waals surface area (Å²) in [4.78, 5) is 7.23. The summed E-state index contributed by atoms with van der Waals surface area (Å²) in [5.41, 5.74) is 0. The quantitative estimate of drug-likeness (QED) is 0.558. The van der Waals surface area contributed by atoms with E-state index in [2.05, 4.69) is 25.3 Å². The smallest absolute Gasteiger partial charge is 0.137 e. The van der Waals surface area contributed by atoms with E-state index in [0.29, 0.717) is 0 Å². The molecule has 0 aliphatic heterocycles. The third kappa shape index (κ3) is 3.09. The van der Waals surface area contributed by atoms with Crippen molar-refractivity contribution in [3.63, 3.8) is 0 Å². The van der Waals surface area contributed by atoms with Crippen molar-refractivity contribution in [1.82, 2.24) is 29.9 Å². The van der Waals surface area contributed by atoms with Crippen molar-refractivity contribution in [3.05, 3.63) is 25.3 Å². The third-order valence-corrected chi connectivity index (χ3v) is 0.865. The number of nitrogens with zero attached hydrogens (tertiary/aromatic N) is 5. The molecule has 0 aliphatic carbocycles. The van der Waals surface area contributed by atoms with E-state index in [1.807, 2.05) is 7.05 Å². The summed E-state index contributed by atoms with van der Waals surface area (Å²) in [6, 6.07) is 0. The lowest BCUT2D eigenvalue weighted by atomic mass is 11.2. The molecule has 0 amide bonds. The average Bonchev–Trinajstić information content (AvgIpc) is 2.57. The molecule has 0 fully saturated rings. The Hall–Kier alpha value is -1.72. The highest BCUT2D eigenvalue weighted by atomic mass is 15.3. The molecule has 0 saturated carbocycles. The SMILES string of the molecule is Cn1cncn1.c1nc[nH]n1. The van der Waals surface area contributed by atoms with Gasteiger partial charge >= 0.3 is 0 Å². The fraction of sp³-hybridized carbons (Fsp3) is 0.200. The Morgan fingerprint density at radius 2 is 2.18 bits per heavy atom. The van der Waals surface area contributed by atoms with Gasteiger partial charge in [-0.15, -0.1) is 0 Å². The van der Waals surface area contributed by atoms with Crippen molar-refractivity contribution < 1.29 is 0 Å². The lowest BCUT2D eigenvalue weighted by Crippen LogP contribution is -1.83. The van der Waals surface area contributed by atoms with Crippen LogP contribution in [0.25, 0.3) is 0 Å². The predicted molar refractivity (Wildman–Crippen MR) is 37.4 cm³/mol. The minimum atomic E-state index is 1.44. The molecule has 0 spiro atoms. The highest BCUT2D eigenvalue weighted by Crippen LogP contribution is 1.64. The highest BCUT2D eigenvalue weighted by molar-refractivity contribution is 4.49. The Morgan fingerprint density at radius 3 is 2.36 bits per heavy atom. The van der Waals surface area contributed by atoms with Crippen LogP contribution in [0.3, 0.4) is 0 Å². The van der Waals surface area contributed by atoms with Crippen LogP contribution in [0.1, 0.15) is 0 Å². The van der Waals surface area contributed by atoms with Gasteiger partial charge in [-0.2, -0.15) is 10.2 Å². The summed E-state index contributed by atoms with van der Waals surface area (Å²) in [7, 11) is 1.83. The van der Waals surface area contributed by atoms with Gasteiger partial charge in [0.2, 0.25) is 0 Å². The molecular weight excluding hydrogens is 144 g/mol. The van der Waals surface area contributed by atoms with Gasteiger partial charge in [0, 0.05) is 7.05 Å². The molecule has 11 heavy (non-hydrogen) atoms. The van der Waals surface area contributed by atoms with Crippen molar-refractivity contribution in [3.8, 4) is 0 Å². The number of rotatable bonds is 0. The molecule has 0 atom stereocenters. The van der Waals surface area contributed by atoms with E-state index in [9.17, 15) is 0 Å². The van der Waals surface area contributed by atoms with Gasteiger partial charge in [-0.05, 0) is 0 Å². The van der Waals surface area contributed by atoms with Crippen LogP contribution in [-0.4, -0.2) is 29.9 Å². The topological polar surface area (TPSA) is 72.3 Å². The molecule has 0 aromatic carbocycles. The van der Waals surface area contributed by atoms with E-state index >= 15 is 0 Å². The zero-order valence-corrected chi connectivity index (χ0v) is 6.05. The molecule has 2 rings (SSSR count). The van der Waals surface area contributed by atoms with E-state index < -0.39 is 0 Å². The van der Waals surface area contributed by atoms with Crippen LogP contribution in [0.4, 0.5) is 0 Å². The van der Waals surface area contributed by atoms with Crippen molar-refractivity contribution >= 4 is 0 Å². The lowest BCUT2D eigenvalue weighted by Gasteiger charge is -1.74.